The molecule has 0 atom stereocenters. The summed E-state index contributed by atoms with van der Waals surface area (Å²) < 4.78 is 39.9. The lowest BCUT2D eigenvalue weighted by atomic mass is 10.2. The van der Waals surface area contributed by atoms with Gasteiger partial charge >= 0.3 is 0 Å². The van der Waals surface area contributed by atoms with Gasteiger partial charge in [0.2, 0.25) is 0 Å². The molecule has 0 aliphatic heterocycles. The van der Waals surface area contributed by atoms with Crippen molar-refractivity contribution in [3.8, 4) is 11.4 Å². The zero-order valence-corrected chi connectivity index (χ0v) is 9.46. The van der Waals surface area contributed by atoms with Crippen LogP contribution < -0.4 is 0 Å². The van der Waals surface area contributed by atoms with Crippen molar-refractivity contribution in [3.63, 3.8) is 0 Å². The summed E-state index contributed by atoms with van der Waals surface area (Å²) in [6.45, 7) is 0. The molecule has 7 heteroatoms. The highest BCUT2D eigenvalue weighted by atomic mass is 19.3. The molecule has 0 aliphatic carbocycles. The van der Waals surface area contributed by atoms with Crippen LogP contribution in [-0.4, -0.2) is 19.6 Å². The molecule has 0 aliphatic rings. The minimum absolute atomic E-state index is 0.216. The molecule has 3 aromatic heterocycles. The number of alkyl halides is 2. The van der Waals surface area contributed by atoms with Crippen molar-refractivity contribution < 1.29 is 13.2 Å². The van der Waals surface area contributed by atoms with Gasteiger partial charge in [0.1, 0.15) is 5.69 Å². The lowest BCUT2D eigenvalue weighted by molar-refractivity contribution is 0.140. The second-order valence-corrected chi connectivity index (χ2v) is 3.80. The maximum atomic E-state index is 13.2. The first-order valence-corrected chi connectivity index (χ1v) is 5.40. The lowest BCUT2D eigenvalue weighted by Crippen LogP contribution is -2.01. The van der Waals surface area contributed by atoms with Crippen molar-refractivity contribution in [3.05, 3.63) is 48.2 Å². The standard InChI is InChI=1S/C12H7F3N4/c13-7-1-2-8(18-11(7)12(14)15)9-3-5-16-10-4-6-17-19(9)10/h1-6,12H. The number of fused-ring (bicyclic) bond motifs is 1. The van der Waals surface area contributed by atoms with E-state index in [1.54, 1.807) is 12.1 Å². The van der Waals surface area contributed by atoms with E-state index in [0.29, 0.717) is 11.3 Å². The third-order valence-corrected chi connectivity index (χ3v) is 2.63. The Kier molecular flexibility index (Phi) is 2.66. The van der Waals surface area contributed by atoms with E-state index in [-0.39, 0.29) is 5.69 Å². The Labute approximate surface area is 105 Å². The summed E-state index contributed by atoms with van der Waals surface area (Å²) in [5.41, 5.74) is 0.376. The minimum atomic E-state index is -2.96. The molecule has 3 heterocycles. The molecule has 0 fully saturated rings. The van der Waals surface area contributed by atoms with Crippen molar-refractivity contribution >= 4 is 5.65 Å². The van der Waals surface area contributed by atoms with Crippen LogP contribution in [0, 0.1) is 5.82 Å². The second-order valence-electron chi connectivity index (χ2n) is 3.80. The Morgan fingerprint density at radius 2 is 1.89 bits per heavy atom. The van der Waals surface area contributed by atoms with Gasteiger partial charge in [-0.05, 0) is 18.2 Å². The molecular formula is C12H7F3N4. The Morgan fingerprint density at radius 3 is 2.68 bits per heavy atom. The first-order valence-electron chi connectivity index (χ1n) is 5.40. The average molecular weight is 264 g/mol. The van der Waals surface area contributed by atoms with E-state index in [4.69, 9.17) is 0 Å². The molecule has 3 rings (SSSR count). The molecular weight excluding hydrogens is 257 g/mol. The van der Waals surface area contributed by atoms with Gasteiger partial charge in [-0.2, -0.15) is 5.10 Å². The van der Waals surface area contributed by atoms with Crippen molar-refractivity contribution in [2.45, 2.75) is 6.43 Å². The van der Waals surface area contributed by atoms with Gasteiger partial charge in [-0.3, -0.25) is 0 Å². The minimum Gasteiger partial charge on any atom is -0.242 e. The number of hydrogen-bond donors (Lipinski definition) is 0. The summed E-state index contributed by atoms with van der Waals surface area (Å²) in [5, 5.41) is 4.02. The van der Waals surface area contributed by atoms with E-state index in [2.05, 4.69) is 15.1 Å². The normalized spacial score (nSPS) is 11.4. The van der Waals surface area contributed by atoms with Crippen LogP contribution >= 0.6 is 0 Å². The van der Waals surface area contributed by atoms with Crippen LogP contribution in [0.3, 0.4) is 0 Å². The van der Waals surface area contributed by atoms with Crippen LogP contribution in [-0.2, 0) is 0 Å². The number of nitrogens with zero attached hydrogens (tertiary/aromatic N) is 4. The maximum Gasteiger partial charge on any atom is 0.283 e. The molecule has 0 saturated heterocycles. The predicted octanol–water partition coefficient (Wildman–Crippen LogP) is 2.87. The fraction of sp³-hybridized carbons (Fsp3) is 0.0833. The Bertz CT molecular complexity index is 739. The SMILES string of the molecule is Fc1ccc(-c2ccnc3ccnn23)nc1C(F)F. The number of aromatic nitrogens is 4. The van der Waals surface area contributed by atoms with Gasteiger partial charge in [0.15, 0.2) is 11.5 Å². The zero-order chi connectivity index (χ0) is 13.4. The summed E-state index contributed by atoms with van der Waals surface area (Å²) in [6, 6.07) is 5.55. The molecule has 96 valence electrons. The van der Waals surface area contributed by atoms with E-state index in [1.165, 1.54) is 23.0 Å². The number of halogens is 3. The van der Waals surface area contributed by atoms with E-state index in [0.717, 1.165) is 6.07 Å². The van der Waals surface area contributed by atoms with Crippen LogP contribution in [0.2, 0.25) is 0 Å². The van der Waals surface area contributed by atoms with Crippen molar-refractivity contribution in [1.82, 2.24) is 19.6 Å². The number of rotatable bonds is 2. The smallest absolute Gasteiger partial charge is 0.242 e. The fourth-order valence-electron chi connectivity index (χ4n) is 1.78. The van der Waals surface area contributed by atoms with Gasteiger partial charge < -0.3 is 0 Å². The predicted molar refractivity (Wildman–Crippen MR) is 61.1 cm³/mol. The topological polar surface area (TPSA) is 43.1 Å². The van der Waals surface area contributed by atoms with Gasteiger partial charge in [-0.25, -0.2) is 27.7 Å². The highest BCUT2D eigenvalue weighted by Crippen LogP contribution is 2.24. The molecule has 3 aromatic rings. The van der Waals surface area contributed by atoms with Crippen LogP contribution in [0.5, 0.6) is 0 Å². The summed E-state index contributed by atoms with van der Waals surface area (Å²) in [7, 11) is 0. The first-order chi connectivity index (χ1) is 9.16. The number of pyridine rings is 1. The largest absolute Gasteiger partial charge is 0.283 e. The van der Waals surface area contributed by atoms with Gasteiger partial charge in [-0.1, -0.05) is 0 Å². The molecule has 0 radical (unpaired) electrons. The van der Waals surface area contributed by atoms with Gasteiger partial charge in [0, 0.05) is 12.3 Å². The first kappa shape index (κ1) is 11.6. The fourth-order valence-corrected chi connectivity index (χ4v) is 1.78. The summed E-state index contributed by atoms with van der Waals surface area (Å²) in [5.74, 6) is -1.02. The molecule has 4 nitrogen and oxygen atoms in total. The van der Waals surface area contributed by atoms with Crippen molar-refractivity contribution in [2.75, 3.05) is 0 Å². The van der Waals surface area contributed by atoms with E-state index in [9.17, 15) is 13.2 Å². The molecule has 0 bridgehead atoms. The van der Waals surface area contributed by atoms with Gasteiger partial charge in [0.05, 0.1) is 17.6 Å². The van der Waals surface area contributed by atoms with Crippen molar-refractivity contribution in [2.24, 2.45) is 0 Å². The summed E-state index contributed by atoms with van der Waals surface area (Å²) in [6.07, 6.45) is 0.0814. The Hall–Kier alpha value is -2.44. The summed E-state index contributed by atoms with van der Waals surface area (Å²) in [4.78, 5) is 7.71. The molecule has 19 heavy (non-hydrogen) atoms. The zero-order valence-electron chi connectivity index (χ0n) is 9.46. The molecule has 0 saturated carbocycles. The Morgan fingerprint density at radius 1 is 1.05 bits per heavy atom. The molecule has 0 amide bonds. The third kappa shape index (κ3) is 1.92. The van der Waals surface area contributed by atoms with Crippen LogP contribution in [0.1, 0.15) is 12.1 Å². The van der Waals surface area contributed by atoms with E-state index < -0.39 is 17.9 Å². The van der Waals surface area contributed by atoms with Crippen LogP contribution in [0.15, 0.2) is 36.7 Å². The van der Waals surface area contributed by atoms with E-state index in [1.807, 2.05) is 0 Å². The number of hydrogen-bond acceptors (Lipinski definition) is 3. The summed E-state index contributed by atoms with van der Waals surface area (Å²) >= 11 is 0. The molecule has 0 N–H and O–H groups in total. The van der Waals surface area contributed by atoms with E-state index >= 15 is 0 Å². The quantitative estimate of drug-likeness (QED) is 0.714. The Balaban J connectivity index is 2.22. The molecule has 0 aromatic carbocycles. The van der Waals surface area contributed by atoms with Gasteiger partial charge in [-0.15, -0.1) is 0 Å². The highest BCUT2D eigenvalue weighted by molar-refractivity contribution is 5.58. The lowest BCUT2D eigenvalue weighted by Gasteiger charge is -2.06. The van der Waals surface area contributed by atoms with Gasteiger partial charge in [0.25, 0.3) is 6.43 Å². The second kappa shape index (κ2) is 4.34. The highest BCUT2D eigenvalue weighted by Gasteiger charge is 2.17. The third-order valence-electron chi connectivity index (χ3n) is 2.63. The average Bonchev–Trinajstić information content (AvgIpc) is 2.87. The molecule has 0 spiro atoms. The maximum absolute atomic E-state index is 13.2. The van der Waals surface area contributed by atoms with Crippen LogP contribution in [0.25, 0.3) is 17.0 Å². The molecule has 0 unspecified atom stereocenters. The monoisotopic (exact) mass is 264 g/mol. The van der Waals surface area contributed by atoms with Crippen molar-refractivity contribution in [1.29, 1.82) is 0 Å². The van der Waals surface area contributed by atoms with Crippen LogP contribution in [0.4, 0.5) is 13.2 Å².